The lowest BCUT2D eigenvalue weighted by Crippen LogP contribution is -2.20. The topological polar surface area (TPSA) is 87.0 Å². The molecule has 0 unspecified atom stereocenters. The molecule has 0 N–H and O–H groups in total. The van der Waals surface area contributed by atoms with Gasteiger partial charge in [-0.25, -0.2) is 9.18 Å². The SMILES string of the molecule is CCOCCn1c(=NS(=O)(=O)c2ccc(F)cc2)sc2cc(C(=O)OC)ccc21. The number of aromatic nitrogens is 1. The Kier molecular flexibility index (Phi) is 6.46. The van der Waals surface area contributed by atoms with Gasteiger partial charge >= 0.3 is 5.97 Å². The molecule has 154 valence electrons. The van der Waals surface area contributed by atoms with Gasteiger partial charge in [0.1, 0.15) is 5.82 Å². The number of benzene rings is 2. The molecule has 0 aliphatic heterocycles. The predicted molar refractivity (Wildman–Crippen MR) is 107 cm³/mol. The van der Waals surface area contributed by atoms with E-state index in [4.69, 9.17) is 9.47 Å². The Morgan fingerprint density at radius 2 is 1.93 bits per heavy atom. The van der Waals surface area contributed by atoms with Crippen LogP contribution in [-0.2, 0) is 26.0 Å². The van der Waals surface area contributed by atoms with Crippen LogP contribution in [0.4, 0.5) is 4.39 Å². The van der Waals surface area contributed by atoms with Gasteiger partial charge in [0.05, 0.1) is 34.4 Å². The number of carbonyl (C=O) groups excluding carboxylic acids is 1. The standard InChI is InChI=1S/C19H19FN2O5S2/c1-3-27-11-10-22-16-9-4-13(18(23)26-2)12-17(16)28-19(22)21-29(24,25)15-7-5-14(20)6-8-15/h4-9,12H,3,10-11H2,1-2H3. The van der Waals surface area contributed by atoms with E-state index in [-0.39, 0.29) is 9.70 Å². The summed E-state index contributed by atoms with van der Waals surface area (Å²) in [6.07, 6.45) is 0. The van der Waals surface area contributed by atoms with Crippen molar-refractivity contribution in [1.82, 2.24) is 4.57 Å². The lowest BCUT2D eigenvalue weighted by molar-refractivity contribution is 0.0601. The third-order valence-corrected chi connectivity index (χ3v) is 6.51. The average Bonchev–Trinajstić information content (AvgIpc) is 3.03. The first kappa shape index (κ1) is 21.2. The highest BCUT2D eigenvalue weighted by atomic mass is 32.2. The number of hydrogen-bond donors (Lipinski definition) is 0. The monoisotopic (exact) mass is 438 g/mol. The fraction of sp³-hybridized carbons (Fsp3) is 0.263. The van der Waals surface area contributed by atoms with Crippen molar-refractivity contribution in [2.24, 2.45) is 4.40 Å². The molecule has 0 bridgehead atoms. The molecule has 3 rings (SSSR count). The van der Waals surface area contributed by atoms with E-state index in [9.17, 15) is 17.6 Å². The Balaban J connectivity index is 2.15. The van der Waals surface area contributed by atoms with Crippen molar-refractivity contribution in [3.8, 4) is 0 Å². The van der Waals surface area contributed by atoms with Crippen LogP contribution in [0.25, 0.3) is 10.2 Å². The van der Waals surface area contributed by atoms with E-state index in [0.717, 1.165) is 29.0 Å². The molecule has 0 spiro atoms. The summed E-state index contributed by atoms with van der Waals surface area (Å²) < 4.78 is 55.0. The number of carbonyl (C=O) groups is 1. The van der Waals surface area contributed by atoms with E-state index >= 15 is 0 Å². The van der Waals surface area contributed by atoms with Crippen molar-refractivity contribution >= 4 is 37.5 Å². The molecule has 0 aliphatic rings. The van der Waals surface area contributed by atoms with E-state index in [1.54, 1.807) is 22.8 Å². The molecular formula is C19H19FN2O5S2. The Bertz CT molecular complexity index is 1200. The van der Waals surface area contributed by atoms with Gasteiger partial charge in [-0.3, -0.25) is 0 Å². The van der Waals surface area contributed by atoms with E-state index in [0.29, 0.717) is 30.0 Å². The molecule has 2 aromatic carbocycles. The molecule has 0 fully saturated rings. The normalized spacial score (nSPS) is 12.4. The summed E-state index contributed by atoms with van der Waals surface area (Å²) in [7, 11) is -2.76. The molecule has 10 heteroatoms. The Morgan fingerprint density at radius 1 is 1.21 bits per heavy atom. The maximum absolute atomic E-state index is 13.1. The number of esters is 1. The third kappa shape index (κ3) is 4.72. The molecule has 0 saturated carbocycles. The van der Waals surface area contributed by atoms with Crippen LogP contribution in [0.1, 0.15) is 17.3 Å². The van der Waals surface area contributed by atoms with Crippen LogP contribution in [0, 0.1) is 5.82 Å². The van der Waals surface area contributed by atoms with E-state index in [2.05, 4.69) is 4.40 Å². The summed E-state index contributed by atoms with van der Waals surface area (Å²) in [6.45, 7) is 3.13. The summed E-state index contributed by atoms with van der Waals surface area (Å²) in [6, 6.07) is 9.43. The zero-order valence-corrected chi connectivity index (χ0v) is 17.4. The molecule has 1 aromatic heterocycles. The van der Waals surface area contributed by atoms with Crippen molar-refractivity contribution in [2.75, 3.05) is 20.3 Å². The molecule has 0 aliphatic carbocycles. The number of fused-ring (bicyclic) bond motifs is 1. The van der Waals surface area contributed by atoms with Crippen LogP contribution in [0.5, 0.6) is 0 Å². The van der Waals surface area contributed by atoms with Crippen LogP contribution >= 0.6 is 11.3 Å². The van der Waals surface area contributed by atoms with Crippen molar-refractivity contribution in [3.63, 3.8) is 0 Å². The zero-order chi connectivity index (χ0) is 21.0. The average molecular weight is 439 g/mol. The van der Waals surface area contributed by atoms with Crippen LogP contribution in [0.15, 0.2) is 51.8 Å². The first-order valence-corrected chi connectivity index (χ1v) is 11.0. The fourth-order valence-electron chi connectivity index (χ4n) is 2.67. The van der Waals surface area contributed by atoms with Gasteiger partial charge in [-0.15, -0.1) is 4.40 Å². The summed E-state index contributed by atoms with van der Waals surface area (Å²) in [5, 5.41) is 0. The number of halogens is 1. The number of methoxy groups -OCH3 is 1. The predicted octanol–water partition coefficient (Wildman–Crippen LogP) is 2.95. The second kappa shape index (κ2) is 8.85. The molecule has 0 radical (unpaired) electrons. The summed E-state index contributed by atoms with van der Waals surface area (Å²) in [4.78, 5) is 11.9. The highest BCUT2D eigenvalue weighted by Gasteiger charge is 2.16. The third-order valence-electron chi connectivity index (χ3n) is 4.08. The van der Waals surface area contributed by atoms with Gasteiger partial charge in [0.15, 0.2) is 0 Å². The first-order valence-electron chi connectivity index (χ1n) is 8.71. The molecular weight excluding hydrogens is 419 g/mol. The second-order valence-corrected chi connectivity index (χ2v) is 8.54. The van der Waals surface area contributed by atoms with Gasteiger partial charge in [0.2, 0.25) is 4.80 Å². The molecule has 0 atom stereocenters. The fourth-order valence-corrected chi connectivity index (χ4v) is 4.96. The number of rotatable bonds is 7. The minimum absolute atomic E-state index is 0.108. The van der Waals surface area contributed by atoms with Crippen LogP contribution in [0.3, 0.4) is 0 Å². The van der Waals surface area contributed by atoms with E-state index in [1.807, 2.05) is 6.92 Å². The van der Waals surface area contributed by atoms with Gasteiger partial charge in [0, 0.05) is 13.2 Å². The highest BCUT2D eigenvalue weighted by Crippen LogP contribution is 2.21. The highest BCUT2D eigenvalue weighted by molar-refractivity contribution is 7.90. The Labute approximate surface area is 171 Å². The number of sulfonamides is 1. The molecule has 1 heterocycles. The quantitative estimate of drug-likeness (QED) is 0.418. The molecule has 0 saturated heterocycles. The lowest BCUT2D eigenvalue weighted by atomic mass is 10.2. The van der Waals surface area contributed by atoms with Gasteiger partial charge in [-0.1, -0.05) is 11.3 Å². The van der Waals surface area contributed by atoms with Gasteiger partial charge in [-0.2, -0.15) is 8.42 Å². The summed E-state index contributed by atoms with van der Waals surface area (Å²) >= 11 is 1.13. The lowest BCUT2D eigenvalue weighted by Gasteiger charge is -2.06. The summed E-state index contributed by atoms with van der Waals surface area (Å²) in [5.74, 6) is -1.02. The van der Waals surface area contributed by atoms with Crippen molar-refractivity contribution in [1.29, 1.82) is 0 Å². The van der Waals surface area contributed by atoms with E-state index < -0.39 is 21.8 Å². The second-order valence-electron chi connectivity index (χ2n) is 5.93. The van der Waals surface area contributed by atoms with Gasteiger partial charge in [-0.05, 0) is 49.4 Å². The van der Waals surface area contributed by atoms with Crippen molar-refractivity contribution < 1.29 is 27.1 Å². The number of hydrogen-bond acceptors (Lipinski definition) is 6. The number of nitrogens with zero attached hydrogens (tertiary/aromatic N) is 2. The zero-order valence-electron chi connectivity index (χ0n) is 15.8. The molecule has 29 heavy (non-hydrogen) atoms. The van der Waals surface area contributed by atoms with Crippen LogP contribution in [0.2, 0.25) is 0 Å². The van der Waals surface area contributed by atoms with Crippen molar-refractivity contribution in [2.45, 2.75) is 18.4 Å². The Morgan fingerprint density at radius 3 is 2.59 bits per heavy atom. The maximum atomic E-state index is 13.1. The maximum Gasteiger partial charge on any atom is 0.337 e. The Hall–Kier alpha value is -2.56. The summed E-state index contributed by atoms with van der Waals surface area (Å²) in [5.41, 5.74) is 1.07. The van der Waals surface area contributed by atoms with E-state index in [1.165, 1.54) is 19.2 Å². The van der Waals surface area contributed by atoms with Crippen molar-refractivity contribution in [3.05, 3.63) is 58.6 Å². The minimum Gasteiger partial charge on any atom is -0.465 e. The number of thiazole rings is 1. The van der Waals surface area contributed by atoms with Crippen LogP contribution < -0.4 is 4.80 Å². The van der Waals surface area contributed by atoms with Gasteiger partial charge < -0.3 is 14.0 Å². The minimum atomic E-state index is -4.05. The largest absolute Gasteiger partial charge is 0.465 e. The van der Waals surface area contributed by atoms with Gasteiger partial charge in [0.25, 0.3) is 10.0 Å². The smallest absolute Gasteiger partial charge is 0.337 e. The molecule has 7 nitrogen and oxygen atoms in total. The number of ether oxygens (including phenoxy) is 2. The van der Waals surface area contributed by atoms with Crippen LogP contribution in [-0.4, -0.2) is 39.3 Å². The molecule has 3 aromatic rings. The first-order chi connectivity index (χ1) is 13.9. The molecule has 0 amide bonds.